The second-order valence-corrected chi connectivity index (χ2v) is 6.40. The molecule has 0 spiro atoms. The summed E-state index contributed by atoms with van der Waals surface area (Å²) in [6.07, 6.45) is 3.20. The van der Waals surface area contributed by atoms with Crippen molar-refractivity contribution in [3.8, 4) is 0 Å². The van der Waals surface area contributed by atoms with Gasteiger partial charge in [-0.25, -0.2) is 0 Å². The molecule has 0 bridgehead atoms. The fourth-order valence-electron chi connectivity index (χ4n) is 2.39. The number of thiocarbonyl (C=S) groups is 1. The molecule has 0 radical (unpaired) electrons. The van der Waals surface area contributed by atoms with Crippen LogP contribution in [0, 0.1) is 5.41 Å². The van der Waals surface area contributed by atoms with Crippen LogP contribution in [0.3, 0.4) is 0 Å². The van der Waals surface area contributed by atoms with E-state index < -0.39 is 5.41 Å². The van der Waals surface area contributed by atoms with Crippen LogP contribution in [0.1, 0.15) is 57.4 Å². The van der Waals surface area contributed by atoms with Crippen molar-refractivity contribution in [2.45, 2.75) is 52.5 Å². The lowest BCUT2D eigenvalue weighted by Gasteiger charge is -2.31. The van der Waals surface area contributed by atoms with Gasteiger partial charge in [-0.15, -0.1) is 11.3 Å². The number of thiophene rings is 1. The van der Waals surface area contributed by atoms with E-state index in [1.54, 1.807) is 11.3 Å². The van der Waals surface area contributed by atoms with Gasteiger partial charge in [0.05, 0.1) is 16.4 Å². The maximum absolute atomic E-state index is 12.7. The van der Waals surface area contributed by atoms with E-state index in [1.807, 2.05) is 25.3 Å². The number of hydrogen-bond acceptors (Lipinski definition) is 3. The van der Waals surface area contributed by atoms with Gasteiger partial charge in [0.15, 0.2) is 0 Å². The van der Waals surface area contributed by atoms with Crippen LogP contribution in [0.25, 0.3) is 0 Å². The summed E-state index contributed by atoms with van der Waals surface area (Å²) in [4.78, 5) is 14.2. The van der Waals surface area contributed by atoms with Crippen molar-refractivity contribution in [1.29, 1.82) is 0 Å². The van der Waals surface area contributed by atoms with E-state index in [0.29, 0.717) is 17.8 Å². The van der Waals surface area contributed by atoms with Gasteiger partial charge < -0.3 is 11.1 Å². The maximum Gasteiger partial charge on any atom is 0.233 e. The molecule has 0 aliphatic heterocycles. The van der Waals surface area contributed by atoms with Crippen LogP contribution in [0.4, 0.5) is 0 Å². The quantitative estimate of drug-likeness (QED) is 0.718. The Morgan fingerprint density at radius 2 is 2.10 bits per heavy atom. The Kier molecular flexibility index (Phi) is 6.62. The van der Waals surface area contributed by atoms with Gasteiger partial charge in [0.2, 0.25) is 5.91 Å². The lowest BCUT2D eigenvalue weighted by atomic mass is 9.81. The van der Waals surface area contributed by atoms with Crippen molar-refractivity contribution < 1.29 is 4.79 Å². The molecule has 3 N–H and O–H groups in total. The van der Waals surface area contributed by atoms with Crippen molar-refractivity contribution in [3.63, 3.8) is 0 Å². The monoisotopic (exact) mass is 312 g/mol. The number of hydrogen-bond donors (Lipinski definition) is 2. The largest absolute Gasteiger partial charge is 0.392 e. The van der Waals surface area contributed by atoms with E-state index in [9.17, 15) is 4.79 Å². The molecule has 1 heterocycles. The van der Waals surface area contributed by atoms with Crippen LogP contribution < -0.4 is 11.1 Å². The average molecular weight is 313 g/mol. The second kappa shape index (κ2) is 7.74. The third-order valence-corrected chi connectivity index (χ3v) is 5.26. The molecule has 0 aliphatic rings. The molecule has 1 amide bonds. The van der Waals surface area contributed by atoms with Crippen LogP contribution in [0.2, 0.25) is 0 Å². The molecule has 20 heavy (non-hydrogen) atoms. The molecule has 1 atom stereocenters. The summed E-state index contributed by atoms with van der Waals surface area (Å²) in [6, 6.07) is 4.13. The van der Waals surface area contributed by atoms with Crippen molar-refractivity contribution >= 4 is 34.5 Å². The predicted molar refractivity (Wildman–Crippen MR) is 89.9 cm³/mol. The lowest BCUT2D eigenvalue weighted by Crippen LogP contribution is -2.49. The molecule has 0 saturated heterocycles. The van der Waals surface area contributed by atoms with Crippen LogP contribution in [-0.2, 0) is 4.79 Å². The second-order valence-electron chi connectivity index (χ2n) is 4.98. The number of rotatable bonds is 8. The van der Waals surface area contributed by atoms with Gasteiger partial charge in [0, 0.05) is 4.88 Å². The van der Waals surface area contributed by atoms with Crippen molar-refractivity contribution in [3.05, 3.63) is 22.4 Å². The minimum Gasteiger partial charge on any atom is -0.392 e. The van der Waals surface area contributed by atoms with Crippen LogP contribution in [-0.4, -0.2) is 10.9 Å². The molecule has 0 saturated carbocycles. The van der Waals surface area contributed by atoms with Gasteiger partial charge in [-0.3, -0.25) is 4.79 Å². The van der Waals surface area contributed by atoms with Gasteiger partial charge >= 0.3 is 0 Å². The SMILES string of the molecule is CCCC(NC(=O)C(CC)(CC)C(N)=S)c1cccs1. The fourth-order valence-corrected chi connectivity index (χ4v) is 3.59. The average Bonchev–Trinajstić information content (AvgIpc) is 2.93. The predicted octanol–water partition coefficient (Wildman–Crippen LogP) is 3.80. The standard InChI is InChI=1S/C15H24N2OS2/c1-4-8-11(12-9-7-10-20-12)17-14(18)15(5-2,6-3)13(16)19/h7,9-11H,4-6,8H2,1-3H3,(H2,16,19)(H,17,18). The third kappa shape index (κ3) is 3.58. The van der Waals surface area contributed by atoms with Gasteiger partial charge in [0.25, 0.3) is 0 Å². The Bertz CT molecular complexity index is 439. The molecule has 1 rings (SSSR count). The minimum atomic E-state index is -0.724. The van der Waals surface area contributed by atoms with Gasteiger partial charge in [-0.05, 0) is 30.7 Å². The third-order valence-electron chi connectivity index (χ3n) is 3.88. The molecule has 3 nitrogen and oxygen atoms in total. The molecule has 0 aliphatic carbocycles. The number of amides is 1. The molecule has 0 aromatic carbocycles. The first-order valence-electron chi connectivity index (χ1n) is 7.16. The first kappa shape index (κ1) is 17.1. The summed E-state index contributed by atoms with van der Waals surface area (Å²) < 4.78 is 0. The zero-order valence-corrected chi connectivity index (χ0v) is 14.1. The summed E-state index contributed by atoms with van der Waals surface area (Å²) in [5, 5.41) is 5.18. The van der Waals surface area contributed by atoms with E-state index >= 15 is 0 Å². The molecular formula is C15H24N2OS2. The number of carbonyl (C=O) groups excluding carboxylic acids is 1. The Hall–Kier alpha value is -0.940. The summed E-state index contributed by atoms with van der Waals surface area (Å²) in [6.45, 7) is 6.04. The highest BCUT2D eigenvalue weighted by molar-refractivity contribution is 7.80. The molecule has 1 aromatic rings. The van der Waals surface area contributed by atoms with Crippen molar-refractivity contribution in [1.82, 2.24) is 5.32 Å². The summed E-state index contributed by atoms with van der Waals surface area (Å²) in [5.41, 5.74) is 5.11. The molecule has 112 valence electrons. The molecule has 5 heteroatoms. The normalized spacial score (nSPS) is 12.9. The highest BCUT2D eigenvalue weighted by Gasteiger charge is 2.39. The first-order valence-corrected chi connectivity index (χ1v) is 8.44. The molecular weight excluding hydrogens is 288 g/mol. The van der Waals surface area contributed by atoms with E-state index in [2.05, 4.69) is 18.3 Å². The highest BCUT2D eigenvalue weighted by Crippen LogP contribution is 2.30. The lowest BCUT2D eigenvalue weighted by molar-refractivity contribution is -0.128. The van der Waals surface area contributed by atoms with Crippen LogP contribution >= 0.6 is 23.6 Å². The van der Waals surface area contributed by atoms with Crippen molar-refractivity contribution in [2.75, 3.05) is 0 Å². The summed E-state index contributed by atoms with van der Waals surface area (Å²) in [7, 11) is 0. The topological polar surface area (TPSA) is 55.1 Å². The Balaban J connectivity index is 2.92. The zero-order chi connectivity index (χ0) is 15.2. The fraction of sp³-hybridized carbons (Fsp3) is 0.600. The summed E-state index contributed by atoms with van der Waals surface area (Å²) >= 11 is 6.81. The number of carbonyl (C=O) groups is 1. The van der Waals surface area contributed by atoms with Gasteiger partial charge in [0.1, 0.15) is 0 Å². The Labute approximate surface area is 130 Å². The smallest absolute Gasteiger partial charge is 0.233 e. The van der Waals surface area contributed by atoms with E-state index in [-0.39, 0.29) is 11.9 Å². The van der Waals surface area contributed by atoms with Gasteiger partial charge in [-0.2, -0.15) is 0 Å². The highest BCUT2D eigenvalue weighted by atomic mass is 32.1. The number of nitrogens with two attached hydrogens (primary N) is 1. The van der Waals surface area contributed by atoms with E-state index in [1.165, 1.54) is 4.88 Å². The number of nitrogens with one attached hydrogen (secondary N) is 1. The minimum absolute atomic E-state index is 0.0400. The van der Waals surface area contributed by atoms with Crippen molar-refractivity contribution in [2.24, 2.45) is 11.1 Å². The van der Waals surface area contributed by atoms with Gasteiger partial charge in [-0.1, -0.05) is 45.5 Å². The van der Waals surface area contributed by atoms with E-state index in [0.717, 1.165) is 12.8 Å². The maximum atomic E-state index is 12.7. The zero-order valence-electron chi connectivity index (χ0n) is 12.4. The molecule has 1 unspecified atom stereocenters. The Morgan fingerprint density at radius 3 is 2.50 bits per heavy atom. The first-order chi connectivity index (χ1) is 9.51. The van der Waals surface area contributed by atoms with Crippen LogP contribution in [0.15, 0.2) is 17.5 Å². The molecule has 0 fully saturated rings. The Morgan fingerprint density at radius 1 is 1.45 bits per heavy atom. The summed E-state index contributed by atoms with van der Waals surface area (Å²) in [5.74, 6) is -0.0400. The molecule has 1 aromatic heterocycles. The van der Waals surface area contributed by atoms with Crippen LogP contribution in [0.5, 0.6) is 0 Å². The van der Waals surface area contributed by atoms with E-state index in [4.69, 9.17) is 18.0 Å².